The van der Waals surface area contributed by atoms with Crippen molar-refractivity contribution in [2.75, 3.05) is 0 Å². The van der Waals surface area contributed by atoms with Gasteiger partial charge >= 0.3 is 0 Å². The SMILES string of the molecule is CC(NCc1cccc(CN)c1)c1ccccc1. The van der Waals surface area contributed by atoms with Crippen LogP contribution in [-0.4, -0.2) is 0 Å². The average molecular weight is 240 g/mol. The van der Waals surface area contributed by atoms with Crippen LogP contribution in [0.25, 0.3) is 0 Å². The second-order valence-electron chi connectivity index (χ2n) is 4.54. The molecular weight excluding hydrogens is 220 g/mol. The van der Waals surface area contributed by atoms with Gasteiger partial charge in [0.2, 0.25) is 0 Å². The quantitative estimate of drug-likeness (QED) is 0.843. The molecule has 2 rings (SSSR count). The Labute approximate surface area is 109 Å². The van der Waals surface area contributed by atoms with Gasteiger partial charge in [0.15, 0.2) is 0 Å². The lowest BCUT2D eigenvalue weighted by atomic mass is 10.1. The molecule has 18 heavy (non-hydrogen) atoms. The maximum absolute atomic E-state index is 5.65. The Morgan fingerprint density at radius 2 is 1.72 bits per heavy atom. The van der Waals surface area contributed by atoms with E-state index in [0.29, 0.717) is 12.6 Å². The van der Waals surface area contributed by atoms with Gasteiger partial charge in [0.05, 0.1) is 0 Å². The van der Waals surface area contributed by atoms with Crippen molar-refractivity contribution in [2.24, 2.45) is 5.73 Å². The minimum atomic E-state index is 0.354. The number of nitrogens with two attached hydrogens (primary N) is 1. The topological polar surface area (TPSA) is 38.0 Å². The molecule has 0 aliphatic carbocycles. The first-order valence-corrected chi connectivity index (χ1v) is 6.36. The molecule has 1 unspecified atom stereocenters. The Balaban J connectivity index is 1.95. The van der Waals surface area contributed by atoms with Crippen molar-refractivity contribution in [1.82, 2.24) is 5.32 Å². The lowest BCUT2D eigenvalue weighted by Crippen LogP contribution is -2.18. The normalized spacial score (nSPS) is 12.3. The van der Waals surface area contributed by atoms with E-state index >= 15 is 0 Å². The zero-order valence-corrected chi connectivity index (χ0v) is 10.8. The number of hydrogen-bond acceptors (Lipinski definition) is 2. The highest BCUT2D eigenvalue weighted by molar-refractivity contribution is 5.24. The van der Waals surface area contributed by atoms with Crippen molar-refractivity contribution in [3.63, 3.8) is 0 Å². The summed E-state index contributed by atoms with van der Waals surface area (Å²) >= 11 is 0. The van der Waals surface area contributed by atoms with E-state index in [1.54, 1.807) is 0 Å². The summed E-state index contributed by atoms with van der Waals surface area (Å²) in [7, 11) is 0. The van der Waals surface area contributed by atoms with E-state index in [-0.39, 0.29) is 0 Å². The molecule has 0 aliphatic heterocycles. The highest BCUT2D eigenvalue weighted by Crippen LogP contribution is 2.12. The van der Waals surface area contributed by atoms with Crippen LogP contribution in [0.1, 0.15) is 29.7 Å². The first-order chi connectivity index (χ1) is 8.79. The first kappa shape index (κ1) is 12.8. The van der Waals surface area contributed by atoms with Gasteiger partial charge in [-0.25, -0.2) is 0 Å². The highest BCUT2D eigenvalue weighted by Gasteiger charge is 2.03. The van der Waals surface area contributed by atoms with E-state index < -0.39 is 0 Å². The Bertz CT molecular complexity index is 479. The molecule has 0 amide bonds. The van der Waals surface area contributed by atoms with E-state index in [9.17, 15) is 0 Å². The fourth-order valence-corrected chi connectivity index (χ4v) is 2.00. The van der Waals surface area contributed by atoms with Gasteiger partial charge in [-0.2, -0.15) is 0 Å². The summed E-state index contributed by atoms with van der Waals surface area (Å²) < 4.78 is 0. The van der Waals surface area contributed by atoms with Crippen molar-refractivity contribution in [1.29, 1.82) is 0 Å². The van der Waals surface area contributed by atoms with Crippen molar-refractivity contribution in [3.05, 3.63) is 71.3 Å². The van der Waals surface area contributed by atoms with Crippen molar-refractivity contribution < 1.29 is 0 Å². The number of nitrogens with one attached hydrogen (secondary N) is 1. The second-order valence-corrected chi connectivity index (χ2v) is 4.54. The van der Waals surface area contributed by atoms with Crippen molar-refractivity contribution in [2.45, 2.75) is 26.1 Å². The summed E-state index contributed by atoms with van der Waals surface area (Å²) in [5.74, 6) is 0. The summed E-state index contributed by atoms with van der Waals surface area (Å²) in [5, 5.41) is 3.53. The Hall–Kier alpha value is -1.64. The summed E-state index contributed by atoms with van der Waals surface area (Å²) in [6.07, 6.45) is 0. The fraction of sp³-hybridized carbons (Fsp3) is 0.250. The van der Waals surface area contributed by atoms with Gasteiger partial charge < -0.3 is 11.1 Å². The smallest absolute Gasteiger partial charge is 0.0294 e. The molecule has 0 spiro atoms. The molecular formula is C16H20N2. The fourth-order valence-electron chi connectivity index (χ4n) is 2.00. The molecule has 0 aliphatic rings. The van der Waals surface area contributed by atoms with Crippen LogP contribution >= 0.6 is 0 Å². The van der Waals surface area contributed by atoms with Crippen LogP contribution in [0.2, 0.25) is 0 Å². The van der Waals surface area contributed by atoms with E-state index in [4.69, 9.17) is 5.73 Å². The van der Waals surface area contributed by atoms with Gasteiger partial charge in [0, 0.05) is 19.1 Å². The lowest BCUT2D eigenvalue weighted by molar-refractivity contribution is 0.574. The number of hydrogen-bond donors (Lipinski definition) is 2. The van der Waals surface area contributed by atoms with Gasteiger partial charge in [-0.3, -0.25) is 0 Å². The van der Waals surface area contributed by atoms with Crippen LogP contribution in [0.3, 0.4) is 0 Å². The van der Waals surface area contributed by atoms with Gasteiger partial charge in [-0.15, -0.1) is 0 Å². The molecule has 0 fully saturated rings. The first-order valence-electron chi connectivity index (χ1n) is 6.36. The predicted molar refractivity (Wildman–Crippen MR) is 76.0 cm³/mol. The van der Waals surface area contributed by atoms with Gasteiger partial charge in [0.1, 0.15) is 0 Å². The van der Waals surface area contributed by atoms with Gasteiger partial charge in [-0.05, 0) is 23.6 Å². The van der Waals surface area contributed by atoms with Crippen LogP contribution in [0, 0.1) is 0 Å². The van der Waals surface area contributed by atoms with E-state index in [1.165, 1.54) is 16.7 Å². The minimum absolute atomic E-state index is 0.354. The van der Waals surface area contributed by atoms with Crippen molar-refractivity contribution >= 4 is 0 Å². The molecule has 0 saturated heterocycles. The molecule has 1 atom stereocenters. The molecule has 0 heterocycles. The van der Waals surface area contributed by atoms with Gasteiger partial charge in [-0.1, -0.05) is 54.6 Å². The maximum atomic E-state index is 5.65. The van der Waals surface area contributed by atoms with Crippen LogP contribution in [0.4, 0.5) is 0 Å². The molecule has 3 N–H and O–H groups in total. The van der Waals surface area contributed by atoms with Crippen LogP contribution < -0.4 is 11.1 Å². The monoisotopic (exact) mass is 240 g/mol. The lowest BCUT2D eigenvalue weighted by Gasteiger charge is -2.14. The second kappa shape index (κ2) is 6.34. The van der Waals surface area contributed by atoms with Crippen LogP contribution in [-0.2, 0) is 13.1 Å². The molecule has 2 aromatic carbocycles. The molecule has 0 saturated carbocycles. The molecule has 2 nitrogen and oxygen atoms in total. The number of rotatable bonds is 5. The molecule has 2 heteroatoms. The standard InChI is InChI=1S/C16H20N2/c1-13(16-8-3-2-4-9-16)18-12-15-7-5-6-14(10-15)11-17/h2-10,13,18H,11-12,17H2,1H3. The maximum Gasteiger partial charge on any atom is 0.0294 e. The predicted octanol–water partition coefficient (Wildman–Crippen LogP) is 3.00. The Morgan fingerprint density at radius 3 is 2.44 bits per heavy atom. The van der Waals surface area contributed by atoms with E-state index in [0.717, 1.165) is 6.54 Å². The summed E-state index contributed by atoms with van der Waals surface area (Å²) in [5.41, 5.74) is 9.42. The number of benzene rings is 2. The van der Waals surface area contributed by atoms with Gasteiger partial charge in [0.25, 0.3) is 0 Å². The highest BCUT2D eigenvalue weighted by atomic mass is 14.9. The summed E-state index contributed by atoms with van der Waals surface area (Å²) in [6, 6.07) is 19.2. The molecule has 0 aromatic heterocycles. The molecule has 0 radical (unpaired) electrons. The third-order valence-corrected chi connectivity index (χ3v) is 3.14. The summed E-state index contributed by atoms with van der Waals surface area (Å²) in [6.45, 7) is 3.65. The molecule has 2 aromatic rings. The van der Waals surface area contributed by atoms with E-state index in [2.05, 4.69) is 60.8 Å². The van der Waals surface area contributed by atoms with Crippen LogP contribution in [0.5, 0.6) is 0 Å². The average Bonchev–Trinajstić information content (AvgIpc) is 2.46. The zero-order valence-electron chi connectivity index (χ0n) is 10.8. The van der Waals surface area contributed by atoms with E-state index in [1.807, 2.05) is 6.07 Å². The third-order valence-electron chi connectivity index (χ3n) is 3.14. The Kier molecular flexibility index (Phi) is 4.51. The zero-order chi connectivity index (χ0) is 12.8. The third kappa shape index (κ3) is 3.42. The molecule has 94 valence electrons. The summed E-state index contributed by atoms with van der Waals surface area (Å²) in [4.78, 5) is 0. The largest absolute Gasteiger partial charge is 0.326 e. The van der Waals surface area contributed by atoms with Crippen LogP contribution in [0.15, 0.2) is 54.6 Å². The molecule has 0 bridgehead atoms. The minimum Gasteiger partial charge on any atom is -0.326 e. The van der Waals surface area contributed by atoms with Crippen molar-refractivity contribution in [3.8, 4) is 0 Å². The Morgan fingerprint density at radius 1 is 1.00 bits per heavy atom.